The van der Waals surface area contributed by atoms with Gasteiger partial charge < -0.3 is 0 Å². The van der Waals surface area contributed by atoms with Crippen LogP contribution < -0.4 is 0 Å². The molecule has 0 aromatic heterocycles. The Labute approximate surface area is 159 Å². The van der Waals surface area contributed by atoms with Crippen molar-refractivity contribution in [3.8, 4) is 0 Å². The first-order valence-corrected chi connectivity index (χ1v) is 10.8. The lowest BCUT2D eigenvalue weighted by Crippen LogP contribution is -2.40. The Balaban J connectivity index is 1.63. The summed E-state index contributed by atoms with van der Waals surface area (Å²) in [4.78, 5) is 2.84. The number of fused-ring (bicyclic) bond motifs is 4. The van der Waals surface area contributed by atoms with Crippen molar-refractivity contribution in [3.05, 3.63) is 53.1 Å². The van der Waals surface area contributed by atoms with Crippen LogP contribution in [-0.4, -0.2) is 24.0 Å². The minimum absolute atomic E-state index is 0.149. The van der Waals surface area contributed by atoms with Gasteiger partial charge in [-0.05, 0) is 71.9 Å². The van der Waals surface area contributed by atoms with Crippen molar-refractivity contribution < 1.29 is 0 Å². The van der Waals surface area contributed by atoms with E-state index in [1.165, 1.54) is 43.5 Å². The monoisotopic (exact) mass is 347 g/mol. The van der Waals surface area contributed by atoms with E-state index in [0.29, 0.717) is 5.92 Å². The van der Waals surface area contributed by atoms with Gasteiger partial charge in [0.15, 0.2) is 0 Å². The van der Waals surface area contributed by atoms with E-state index in [0.717, 1.165) is 23.8 Å². The van der Waals surface area contributed by atoms with Crippen molar-refractivity contribution >= 4 is 5.57 Å². The van der Waals surface area contributed by atoms with E-state index in [2.05, 4.69) is 69.0 Å². The largest absolute Gasteiger partial charge is 0.300 e. The zero-order chi connectivity index (χ0) is 18.1. The van der Waals surface area contributed by atoms with E-state index in [9.17, 15) is 0 Å². The Hall–Kier alpha value is -1.34. The summed E-state index contributed by atoms with van der Waals surface area (Å²) in [5.41, 5.74) is 6.33. The maximum atomic E-state index is 2.84. The zero-order valence-electron chi connectivity index (χ0n) is 16.8. The molecule has 0 radical (unpaired) electrons. The Bertz CT molecular complexity index is 777. The van der Waals surface area contributed by atoms with E-state index in [1.54, 1.807) is 11.1 Å². The molecule has 0 spiro atoms. The van der Waals surface area contributed by atoms with Gasteiger partial charge in [-0.2, -0.15) is 0 Å². The third kappa shape index (κ3) is 2.13. The number of hydrogen-bond acceptors (Lipinski definition) is 1. The number of hydrogen-bond donors (Lipinski definition) is 0. The van der Waals surface area contributed by atoms with Crippen LogP contribution in [0.5, 0.6) is 0 Å². The first kappa shape index (κ1) is 16.8. The first-order valence-electron chi connectivity index (χ1n) is 10.8. The standard InChI is InChI=1S/C25H33N/c1-5-17-16(2)24(26-12-8-9-13-26)21-15-23-20(14-19(17)21)18-10-6-7-11-22(18)25(23,3)4/h6-7,10-11,14-17,19,21,24H,5,8-9,12-13H2,1-4H3. The Kier molecular flexibility index (Phi) is 3.77. The van der Waals surface area contributed by atoms with Gasteiger partial charge in [0.2, 0.25) is 0 Å². The van der Waals surface area contributed by atoms with E-state index < -0.39 is 0 Å². The third-order valence-electron chi connectivity index (χ3n) is 8.15. The van der Waals surface area contributed by atoms with Crippen LogP contribution in [0.25, 0.3) is 5.57 Å². The molecule has 1 aromatic carbocycles. The summed E-state index contributed by atoms with van der Waals surface area (Å²) < 4.78 is 0. The van der Waals surface area contributed by atoms with E-state index >= 15 is 0 Å². The maximum Gasteiger partial charge on any atom is 0.0192 e. The molecule has 1 heteroatoms. The molecule has 1 aromatic rings. The molecule has 5 atom stereocenters. The van der Waals surface area contributed by atoms with Gasteiger partial charge in [0.25, 0.3) is 0 Å². The van der Waals surface area contributed by atoms with Crippen LogP contribution in [0.15, 0.2) is 42.0 Å². The topological polar surface area (TPSA) is 3.24 Å². The highest BCUT2D eigenvalue weighted by molar-refractivity contribution is 5.90. The van der Waals surface area contributed by atoms with Crippen LogP contribution in [0.1, 0.15) is 58.1 Å². The van der Waals surface area contributed by atoms with Crippen LogP contribution in [-0.2, 0) is 5.41 Å². The van der Waals surface area contributed by atoms with Gasteiger partial charge in [-0.25, -0.2) is 0 Å². The Morgan fingerprint density at radius 2 is 1.77 bits per heavy atom. The molecule has 138 valence electrons. The second-order valence-corrected chi connectivity index (χ2v) is 9.65. The molecule has 0 amide bonds. The summed E-state index contributed by atoms with van der Waals surface area (Å²) in [6, 6.07) is 9.87. The Morgan fingerprint density at radius 3 is 2.50 bits per heavy atom. The predicted molar refractivity (Wildman–Crippen MR) is 110 cm³/mol. The number of likely N-dealkylation sites (tertiary alicyclic amines) is 1. The summed E-state index contributed by atoms with van der Waals surface area (Å²) >= 11 is 0. The fraction of sp³-hybridized carbons (Fsp3) is 0.600. The van der Waals surface area contributed by atoms with Crippen LogP contribution in [0.4, 0.5) is 0 Å². The molecule has 26 heavy (non-hydrogen) atoms. The normalized spacial score (nSPS) is 37.8. The highest BCUT2D eigenvalue weighted by Crippen LogP contribution is 2.58. The highest BCUT2D eigenvalue weighted by atomic mass is 15.2. The fourth-order valence-corrected chi connectivity index (χ4v) is 6.92. The number of nitrogens with zero attached hydrogens (tertiary/aromatic N) is 1. The first-order chi connectivity index (χ1) is 12.5. The number of rotatable bonds is 2. The van der Waals surface area contributed by atoms with Crippen molar-refractivity contribution in [1.29, 1.82) is 0 Å². The minimum Gasteiger partial charge on any atom is -0.300 e. The molecule has 4 aliphatic rings. The zero-order valence-corrected chi connectivity index (χ0v) is 16.8. The highest BCUT2D eigenvalue weighted by Gasteiger charge is 2.52. The molecule has 1 nitrogen and oxygen atoms in total. The van der Waals surface area contributed by atoms with Crippen LogP contribution in [0.2, 0.25) is 0 Å². The van der Waals surface area contributed by atoms with E-state index in [-0.39, 0.29) is 5.41 Å². The predicted octanol–water partition coefficient (Wildman–Crippen LogP) is 5.67. The molecule has 1 saturated carbocycles. The van der Waals surface area contributed by atoms with Gasteiger partial charge in [-0.15, -0.1) is 0 Å². The van der Waals surface area contributed by atoms with Crippen LogP contribution in [0.3, 0.4) is 0 Å². The minimum atomic E-state index is 0.149. The second kappa shape index (κ2) is 5.83. The van der Waals surface area contributed by atoms with E-state index in [1.807, 2.05) is 0 Å². The van der Waals surface area contributed by atoms with E-state index in [4.69, 9.17) is 0 Å². The smallest absolute Gasteiger partial charge is 0.0192 e. The molecular weight excluding hydrogens is 314 g/mol. The molecule has 5 unspecified atom stereocenters. The van der Waals surface area contributed by atoms with Crippen LogP contribution in [0, 0.1) is 23.7 Å². The van der Waals surface area contributed by atoms with Crippen molar-refractivity contribution in [2.75, 3.05) is 13.1 Å². The molecule has 0 bridgehead atoms. The molecule has 1 saturated heterocycles. The molecule has 0 N–H and O–H groups in total. The molecule has 1 heterocycles. The van der Waals surface area contributed by atoms with Gasteiger partial charge in [-0.1, -0.05) is 70.5 Å². The summed E-state index contributed by atoms with van der Waals surface area (Å²) in [6.45, 7) is 12.4. The summed E-state index contributed by atoms with van der Waals surface area (Å²) in [6.07, 6.45) is 9.53. The lowest BCUT2D eigenvalue weighted by molar-refractivity contribution is 0.168. The molecule has 2 fully saturated rings. The lowest BCUT2D eigenvalue weighted by Gasteiger charge is -2.35. The van der Waals surface area contributed by atoms with Crippen molar-refractivity contribution in [1.82, 2.24) is 4.90 Å². The van der Waals surface area contributed by atoms with Gasteiger partial charge >= 0.3 is 0 Å². The van der Waals surface area contributed by atoms with Crippen molar-refractivity contribution in [2.45, 2.75) is 58.4 Å². The van der Waals surface area contributed by atoms with Gasteiger partial charge in [0, 0.05) is 11.5 Å². The summed E-state index contributed by atoms with van der Waals surface area (Å²) in [5, 5.41) is 0. The lowest BCUT2D eigenvalue weighted by atomic mass is 9.74. The quantitative estimate of drug-likeness (QED) is 0.666. The van der Waals surface area contributed by atoms with Gasteiger partial charge in [0.05, 0.1) is 0 Å². The summed E-state index contributed by atoms with van der Waals surface area (Å²) in [7, 11) is 0. The SMILES string of the molecule is CCC1C(C)C(N2CCCC2)C2C=C3C(=CC21)c1ccccc1C3(C)C. The molecule has 5 rings (SSSR count). The Morgan fingerprint density at radius 1 is 1.04 bits per heavy atom. The average Bonchev–Trinajstić information content (AvgIpc) is 3.30. The molecule has 1 aliphatic heterocycles. The summed E-state index contributed by atoms with van der Waals surface area (Å²) in [5.74, 6) is 3.06. The van der Waals surface area contributed by atoms with Crippen molar-refractivity contribution in [2.24, 2.45) is 23.7 Å². The third-order valence-corrected chi connectivity index (χ3v) is 8.15. The van der Waals surface area contributed by atoms with Gasteiger partial charge in [-0.3, -0.25) is 4.90 Å². The second-order valence-electron chi connectivity index (χ2n) is 9.65. The fourth-order valence-electron chi connectivity index (χ4n) is 6.92. The van der Waals surface area contributed by atoms with Gasteiger partial charge in [0.1, 0.15) is 0 Å². The number of benzene rings is 1. The van der Waals surface area contributed by atoms with Crippen LogP contribution >= 0.6 is 0 Å². The average molecular weight is 348 g/mol. The molecule has 3 aliphatic carbocycles. The number of allylic oxidation sites excluding steroid dienone is 3. The van der Waals surface area contributed by atoms with Crippen molar-refractivity contribution in [3.63, 3.8) is 0 Å². The molecular formula is C25H33N. The maximum absolute atomic E-state index is 2.84.